The highest BCUT2D eigenvalue weighted by atomic mass is 35.5. The standard InChI is InChI=1S/C33H25ClFN3O5S2/c34-16-3-7-18(8-4-16)36-23(39)14-43-20-11-1-15(2-12-20)24-25-21-13-22(28(25)44-30-29(24)45-33(42)37-30)27-26(21)31(40)38(32(27)41)19-9-5-17(35)6-10-19/h1-12,21-22,24-28H,13-14H2,(H,36,39)(H,37,42)/t21-,22-,24+,25-,26+,27+,28-/m1/s1. The van der Waals surface area contributed by atoms with Crippen molar-refractivity contribution in [2.75, 3.05) is 16.8 Å². The Morgan fingerprint density at radius 2 is 1.64 bits per heavy atom. The summed E-state index contributed by atoms with van der Waals surface area (Å²) in [6.07, 6.45) is 0.770. The molecule has 12 heteroatoms. The number of aromatic amines is 1. The number of ether oxygens (including phenoxy) is 1. The van der Waals surface area contributed by atoms with Gasteiger partial charge in [0.1, 0.15) is 11.6 Å². The fourth-order valence-electron chi connectivity index (χ4n) is 7.89. The van der Waals surface area contributed by atoms with Gasteiger partial charge in [0, 0.05) is 26.8 Å². The Labute approximate surface area is 269 Å². The van der Waals surface area contributed by atoms with Gasteiger partial charge in [-0.15, -0.1) is 11.8 Å². The molecule has 3 aromatic carbocycles. The third-order valence-electron chi connectivity index (χ3n) is 9.55. The van der Waals surface area contributed by atoms with E-state index in [1.807, 2.05) is 24.3 Å². The second kappa shape index (κ2) is 10.9. The number of rotatable bonds is 6. The molecule has 2 aliphatic carbocycles. The highest BCUT2D eigenvalue weighted by molar-refractivity contribution is 8.00. The maximum absolute atomic E-state index is 13.8. The van der Waals surface area contributed by atoms with Gasteiger partial charge in [0.15, 0.2) is 6.61 Å². The van der Waals surface area contributed by atoms with E-state index < -0.39 is 17.7 Å². The van der Waals surface area contributed by atoms with Crippen LogP contribution in [-0.4, -0.2) is 34.6 Å². The van der Waals surface area contributed by atoms with Crippen LogP contribution in [0.2, 0.25) is 5.02 Å². The molecule has 2 saturated carbocycles. The van der Waals surface area contributed by atoms with E-state index in [-0.39, 0.29) is 58.1 Å². The Bertz CT molecular complexity index is 1900. The minimum absolute atomic E-state index is 0.0160. The van der Waals surface area contributed by atoms with Crippen LogP contribution in [0.1, 0.15) is 22.8 Å². The van der Waals surface area contributed by atoms with E-state index >= 15 is 0 Å². The Morgan fingerprint density at radius 3 is 2.36 bits per heavy atom. The first-order valence-corrected chi connectivity index (χ1v) is 16.7. The van der Waals surface area contributed by atoms with Crippen LogP contribution < -0.4 is 19.8 Å². The lowest BCUT2D eigenvalue weighted by molar-refractivity contribution is -0.123. The summed E-state index contributed by atoms with van der Waals surface area (Å²) in [7, 11) is 0. The van der Waals surface area contributed by atoms with Crippen LogP contribution in [0.25, 0.3) is 0 Å². The molecule has 0 spiro atoms. The average molecular weight is 662 g/mol. The Hall–Kier alpha value is -3.93. The van der Waals surface area contributed by atoms with E-state index in [4.69, 9.17) is 16.3 Å². The Balaban J connectivity index is 1.05. The van der Waals surface area contributed by atoms with Crippen molar-refractivity contribution in [2.24, 2.45) is 29.6 Å². The molecule has 0 radical (unpaired) electrons. The second-order valence-corrected chi connectivity index (χ2v) is 14.5. The topological polar surface area (TPSA) is 109 Å². The van der Waals surface area contributed by atoms with Crippen molar-refractivity contribution in [3.8, 4) is 5.75 Å². The molecular weight excluding hydrogens is 637 g/mol. The predicted octanol–water partition coefficient (Wildman–Crippen LogP) is 5.92. The number of aromatic nitrogens is 1. The quantitative estimate of drug-likeness (QED) is 0.248. The van der Waals surface area contributed by atoms with Crippen molar-refractivity contribution in [1.82, 2.24) is 4.98 Å². The largest absolute Gasteiger partial charge is 0.484 e. The van der Waals surface area contributed by atoms with E-state index in [1.165, 1.54) is 40.5 Å². The summed E-state index contributed by atoms with van der Waals surface area (Å²) < 4.78 is 19.4. The van der Waals surface area contributed by atoms with Crippen molar-refractivity contribution < 1.29 is 23.5 Å². The van der Waals surface area contributed by atoms with Gasteiger partial charge in [-0.3, -0.25) is 24.1 Å². The van der Waals surface area contributed by atoms with Gasteiger partial charge in [0.2, 0.25) is 11.8 Å². The highest BCUT2D eigenvalue weighted by Gasteiger charge is 2.69. The number of halogens is 2. The minimum Gasteiger partial charge on any atom is -0.484 e. The van der Waals surface area contributed by atoms with Gasteiger partial charge < -0.3 is 15.0 Å². The molecule has 0 unspecified atom stereocenters. The number of thiazole rings is 1. The molecule has 3 fully saturated rings. The molecule has 1 saturated heterocycles. The predicted molar refractivity (Wildman–Crippen MR) is 169 cm³/mol. The van der Waals surface area contributed by atoms with Crippen LogP contribution in [0.15, 0.2) is 82.6 Å². The van der Waals surface area contributed by atoms with Crippen LogP contribution in [0.5, 0.6) is 5.75 Å². The zero-order valence-electron chi connectivity index (χ0n) is 23.4. The number of carbonyl (C=O) groups excluding carboxylic acids is 3. The zero-order chi connectivity index (χ0) is 31.0. The monoisotopic (exact) mass is 661 g/mol. The van der Waals surface area contributed by atoms with E-state index in [1.54, 1.807) is 36.0 Å². The first-order chi connectivity index (χ1) is 21.8. The van der Waals surface area contributed by atoms with Crippen LogP contribution in [0.3, 0.4) is 0 Å². The van der Waals surface area contributed by atoms with Gasteiger partial charge in [-0.1, -0.05) is 35.1 Å². The number of hydrogen-bond donors (Lipinski definition) is 2. The van der Waals surface area contributed by atoms with E-state index in [2.05, 4.69) is 10.3 Å². The molecule has 2 N–H and O–H groups in total. The molecule has 3 heterocycles. The van der Waals surface area contributed by atoms with Gasteiger partial charge in [0.25, 0.3) is 5.91 Å². The van der Waals surface area contributed by atoms with Crippen molar-refractivity contribution in [2.45, 2.75) is 22.6 Å². The summed E-state index contributed by atoms with van der Waals surface area (Å²) in [5.74, 6) is -1.68. The number of benzene rings is 3. The van der Waals surface area contributed by atoms with Crippen LogP contribution >= 0.6 is 34.7 Å². The molecule has 4 aliphatic rings. The summed E-state index contributed by atoms with van der Waals surface area (Å²) in [6, 6.07) is 19.8. The van der Waals surface area contributed by atoms with Crippen molar-refractivity contribution in [1.29, 1.82) is 0 Å². The molecule has 2 bridgehead atoms. The fraction of sp³-hybridized carbons (Fsp3) is 0.273. The van der Waals surface area contributed by atoms with Crippen molar-refractivity contribution in [3.63, 3.8) is 0 Å². The maximum Gasteiger partial charge on any atom is 0.305 e. The van der Waals surface area contributed by atoms with Crippen molar-refractivity contribution >= 4 is 63.8 Å². The van der Waals surface area contributed by atoms with Crippen LogP contribution in [0.4, 0.5) is 15.8 Å². The molecule has 3 amide bonds. The first kappa shape index (κ1) is 28.5. The first-order valence-electron chi connectivity index (χ1n) is 14.6. The molecule has 8 rings (SSSR count). The number of fused-ring (bicyclic) bond motifs is 9. The number of anilines is 2. The number of thioether (sulfide) groups is 1. The summed E-state index contributed by atoms with van der Waals surface area (Å²) in [5.41, 5.74) is 2.00. The SMILES string of the molecule is O=C(COc1ccc([C@@H]2c3sc(=O)[nH]c3S[C@@H]3[C@@H]4C[C@@H]([C@@H]5C(=O)N(c6ccc(F)cc6)C(=O)[C@@H]45)[C@H]23)cc1)Nc1ccc(Cl)cc1. The van der Waals surface area contributed by atoms with E-state index in [0.717, 1.165) is 21.9 Å². The number of amides is 3. The van der Waals surface area contributed by atoms with E-state index in [9.17, 15) is 23.6 Å². The smallest absolute Gasteiger partial charge is 0.305 e. The number of nitrogens with zero attached hydrogens (tertiary/aromatic N) is 1. The molecule has 4 aromatic rings. The van der Waals surface area contributed by atoms with Gasteiger partial charge in [-0.25, -0.2) is 4.39 Å². The molecule has 8 nitrogen and oxygen atoms in total. The number of hydrogen-bond acceptors (Lipinski definition) is 7. The van der Waals surface area contributed by atoms with Gasteiger partial charge in [-0.05, 0) is 90.4 Å². The summed E-state index contributed by atoms with van der Waals surface area (Å²) in [6.45, 7) is -0.177. The summed E-state index contributed by atoms with van der Waals surface area (Å²) in [5, 5.41) is 4.22. The van der Waals surface area contributed by atoms with Gasteiger partial charge in [-0.2, -0.15) is 0 Å². The molecule has 2 aliphatic heterocycles. The lowest BCUT2D eigenvalue weighted by Gasteiger charge is -2.43. The molecular formula is C33H25ClFN3O5S2. The third-order valence-corrected chi connectivity index (χ3v) is 12.4. The summed E-state index contributed by atoms with van der Waals surface area (Å²) in [4.78, 5) is 57.6. The number of H-pyrrole nitrogens is 1. The van der Waals surface area contributed by atoms with Gasteiger partial charge in [0.05, 0.1) is 22.5 Å². The second-order valence-electron chi connectivity index (χ2n) is 11.9. The average Bonchev–Trinajstić information content (AvgIpc) is 3.77. The Kier molecular flexibility index (Phi) is 6.88. The van der Waals surface area contributed by atoms with Crippen molar-refractivity contribution in [3.05, 3.63) is 104 Å². The highest BCUT2D eigenvalue weighted by Crippen LogP contribution is 2.68. The lowest BCUT2D eigenvalue weighted by atomic mass is 9.68. The van der Waals surface area contributed by atoms with E-state index in [0.29, 0.717) is 22.1 Å². The number of nitrogens with one attached hydrogen (secondary N) is 2. The third kappa shape index (κ3) is 4.71. The van der Waals surface area contributed by atoms with Crippen LogP contribution in [-0.2, 0) is 14.4 Å². The molecule has 7 atom stereocenters. The Morgan fingerprint density at radius 1 is 0.956 bits per heavy atom. The molecule has 45 heavy (non-hydrogen) atoms. The minimum atomic E-state index is -0.448. The zero-order valence-corrected chi connectivity index (χ0v) is 25.8. The lowest BCUT2D eigenvalue weighted by Crippen LogP contribution is -2.42. The maximum atomic E-state index is 13.8. The van der Waals surface area contributed by atoms with Gasteiger partial charge >= 0.3 is 4.87 Å². The number of carbonyl (C=O) groups is 3. The normalized spacial score (nSPS) is 27.7. The summed E-state index contributed by atoms with van der Waals surface area (Å²) >= 11 is 8.73. The van der Waals surface area contributed by atoms with Crippen LogP contribution in [0, 0.1) is 35.4 Å². The number of imide groups is 1. The molecule has 1 aromatic heterocycles. The fourth-order valence-corrected chi connectivity index (χ4v) is 10.9. The molecule has 228 valence electrons.